The number of nitrogens with zero attached hydrogens (tertiary/aromatic N) is 1. The Morgan fingerprint density at radius 3 is 2.03 bits per heavy atom. The Morgan fingerprint density at radius 2 is 1.45 bits per heavy atom. The van der Waals surface area contributed by atoms with Crippen LogP contribution in [0.5, 0.6) is 0 Å². The summed E-state index contributed by atoms with van der Waals surface area (Å²) in [4.78, 5) is 27.5. The van der Waals surface area contributed by atoms with Gasteiger partial charge in [0.15, 0.2) is 11.6 Å². The van der Waals surface area contributed by atoms with E-state index in [-0.39, 0.29) is 22.4 Å². The van der Waals surface area contributed by atoms with Gasteiger partial charge in [0, 0.05) is 16.8 Å². The van der Waals surface area contributed by atoms with Gasteiger partial charge in [-0.2, -0.15) is 0 Å². The standard InChI is InChI=1S/C26H21ClF2N2O2/c1-26(2,3)16-6-10-18(11-7-16)30-23-22(15-4-8-17(27)9-5-15)24(32)31(25(23)33)19-12-13-20(28)21(29)14-19/h4-14,30H,1-3H3. The van der Waals surface area contributed by atoms with Crippen LogP contribution in [0.25, 0.3) is 5.57 Å². The zero-order valence-corrected chi connectivity index (χ0v) is 19.0. The molecule has 0 aromatic heterocycles. The molecule has 3 aromatic carbocycles. The number of hydrogen-bond donors (Lipinski definition) is 1. The maximum Gasteiger partial charge on any atom is 0.282 e. The predicted molar refractivity (Wildman–Crippen MR) is 126 cm³/mol. The first-order chi connectivity index (χ1) is 15.6. The van der Waals surface area contributed by atoms with Crippen molar-refractivity contribution in [2.24, 2.45) is 0 Å². The predicted octanol–water partition coefficient (Wildman–Crippen LogP) is 6.31. The molecule has 1 heterocycles. The topological polar surface area (TPSA) is 49.4 Å². The van der Waals surface area contributed by atoms with Crippen LogP contribution < -0.4 is 10.2 Å². The molecule has 1 aliphatic rings. The number of hydrogen-bond acceptors (Lipinski definition) is 3. The fourth-order valence-electron chi connectivity index (χ4n) is 3.59. The van der Waals surface area contributed by atoms with E-state index in [2.05, 4.69) is 26.1 Å². The number of rotatable bonds is 4. The lowest BCUT2D eigenvalue weighted by Crippen LogP contribution is -2.32. The molecule has 0 unspecified atom stereocenters. The number of amides is 2. The normalized spacial score (nSPS) is 14.3. The Labute approximate surface area is 195 Å². The summed E-state index contributed by atoms with van der Waals surface area (Å²) in [6, 6.07) is 16.9. The number of benzene rings is 3. The van der Waals surface area contributed by atoms with Crippen LogP contribution in [-0.2, 0) is 15.0 Å². The zero-order valence-electron chi connectivity index (χ0n) is 18.2. The second kappa shape index (κ2) is 8.45. The van der Waals surface area contributed by atoms with Crippen LogP contribution >= 0.6 is 11.6 Å². The van der Waals surface area contributed by atoms with Crippen molar-refractivity contribution in [3.05, 3.63) is 100 Å². The van der Waals surface area contributed by atoms with Gasteiger partial charge in [0.2, 0.25) is 0 Å². The van der Waals surface area contributed by atoms with Crippen molar-refractivity contribution in [2.75, 3.05) is 10.2 Å². The third kappa shape index (κ3) is 4.39. The monoisotopic (exact) mass is 466 g/mol. The van der Waals surface area contributed by atoms with Crippen LogP contribution in [-0.4, -0.2) is 11.8 Å². The molecule has 1 aliphatic heterocycles. The van der Waals surface area contributed by atoms with E-state index in [9.17, 15) is 18.4 Å². The highest BCUT2D eigenvalue weighted by molar-refractivity contribution is 6.46. The molecule has 0 saturated heterocycles. The number of halogens is 3. The molecule has 4 nitrogen and oxygen atoms in total. The molecule has 0 aliphatic carbocycles. The van der Waals surface area contributed by atoms with Crippen molar-refractivity contribution in [1.82, 2.24) is 0 Å². The first-order valence-electron chi connectivity index (χ1n) is 10.3. The Hall–Kier alpha value is -3.51. The highest BCUT2D eigenvalue weighted by Crippen LogP contribution is 2.35. The van der Waals surface area contributed by atoms with Crippen molar-refractivity contribution in [1.29, 1.82) is 0 Å². The Morgan fingerprint density at radius 1 is 0.818 bits per heavy atom. The molecule has 168 valence electrons. The molecule has 0 bridgehead atoms. The lowest BCUT2D eigenvalue weighted by atomic mass is 9.87. The van der Waals surface area contributed by atoms with E-state index in [0.29, 0.717) is 16.3 Å². The Balaban J connectivity index is 1.78. The van der Waals surface area contributed by atoms with E-state index < -0.39 is 23.4 Å². The number of carbonyl (C=O) groups excluding carboxylic acids is 2. The van der Waals surface area contributed by atoms with E-state index >= 15 is 0 Å². The lowest BCUT2D eigenvalue weighted by molar-refractivity contribution is -0.120. The summed E-state index contributed by atoms with van der Waals surface area (Å²) in [5, 5.41) is 3.53. The maximum atomic E-state index is 13.9. The first kappa shape index (κ1) is 22.7. The average molecular weight is 467 g/mol. The van der Waals surface area contributed by atoms with Gasteiger partial charge in [-0.3, -0.25) is 9.59 Å². The summed E-state index contributed by atoms with van der Waals surface area (Å²) >= 11 is 5.99. The van der Waals surface area contributed by atoms with E-state index in [4.69, 9.17) is 11.6 Å². The fraction of sp³-hybridized carbons (Fsp3) is 0.154. The van der Waals surface area contributed by atoms with Crippen LogP contribution in [0.3, 0.4) is 0 Å². The van der Waals surface area contributed by atoms with Crippen LogP contribution in [0, 0.1) is 11.6 Å². The van der Waals surface area contributed by atoms with Crippen LogP contribution in [0.15, 0.2) is 72.4 Å². The largest absolute Gasteiger partial charge is 0.350 e. The molecule has 7 heteroatoms. The van der Waals surface area contributed by atoms with E-state index in [1.807, 2.05) is 24.3 Å². The zero-order chi connectivity index (χ0) is 23.9. The van der Waals surface area contributed by atoms with Crippen LogP contribution in [0.4, 0.5) is 20.2 Å². The summed E-state index contributed by atoms with van der Waals surface area (Å²) in [6.07, 6.45) is 0. The molecule has 4 rings (SSSR count). The summed E-state index contributed by atoms with van der Waals surface area (Å²) < 4.78 is 27.3. The van der Waals surface area contributed by atoms with Crippen molar-refractivity contribution in [3.8, 4) is 0 Å². The van der Waals surface area contributed by atoms with E-state index in [1.54, 1.807) is 24.3 Å². The smallest absolute Gasteiger partial charge is 0.282 e. The summed E-state index contributed by atoms with van der Waals surface area (Å²) in [6.45, 7) is 6.28. The van der Waals surface area contributed by atoms with Gasteiger partial charge < -0.3 is 5.32 Å². The molecule has 0 fully saturated rings. The third-order valence-electron chi connectivity index (χ3n) is 5.40. The lowest BCUT2D eigenvalue weighted by Gasteiger charge is -2.19. The molecule has 3 aromatic rings. The molecule has 0 radical (unpaired) electrons. The number of anilines is 2. The first-order valence-corrected chi connectivity index (χ1v) is 10.7. The number of nitrogens with one attached hydrogen (secondary N) is 1. The van der Waals surface area contributed by atoms with Gasteiger partial charge in [0.1, 0.15) is 5.70 Å². The molecule has 0 saturated carbocycles. The third-order valence-corrected chi connectivity index (χ3v) is 5.65. The fourth-order valence-corrected chi connectivity index (χ4v) is 3.71. The van der Waals surface area contributed by atoms with Gasteiger partial charge in [-0.25, -0.2) is 13.7 Å². The van der Waals surface area contributed by atoms with Gasteiger partial charge in [-0.15, -0.1) is 0 Å². The van der Waals surface area contributed by atoms with Gasteiger partial charge >= 0.3 is 0 Å². The molecule has 2 amide bonds. The molecule has 33 heavy (non-hydrogen) atoms. The van der Waals surface area contributed by atoms with Crippen LogP contribution in [0.2, 0.25) is 5.02 Å². The highest BCUT2D eigenvalue weighted by atomic mass is 35.5. The molecule has 0 atom stereocenters. The van der Waals surface area contributed by atoms with Gasteiger partial charge in [0.05, 0.1) is 11.3 Å². The van der Waals surface area contributed by atoms with Gasteiger partial charge in [-0.05, 0) is 52.9 Å². The summed E-state index contributed by atoms with van der Waals surface area (Å²) in [7, 11) is 0. The highest BCUT2D eigenvalue weighted by Gasteiger charge is 2.40. The molecular formula is C26H21ClF2N2O2. The maximum absolute atomic E-state index is 13.9. The molecule has 0 spiro atoms. The summed E-state index contributed by atoms with van der Waals surface area (Å²) in [5.41, 5.74) is 2.23. The SMILES string of the molecule is CC(C)(C)c1ccc(NC2=C(c3ccc(Cl)cc3)C(=O)N(c3ccc(F)c(F)c3)C2=O)cc1. The van der Waals surface area contributed by atoms with E-state index in [0.717, 1.165) is 22.6 Å². The summed E-state index contributed by atoms with van der Waals surface area (Å²) in [5.74, 6) is -3.54. The average Bonchev–Trinajstić information content (AvgIpc) is 3.00. The quantitative estimate of drug-likeness (QED) is 0.458. The van der Waals surface area contributed by atoms with Crippen molar-refractivity contribution >= 4 is 40.4 Å². The number of carbonyl (C=O) groups is 2. The Bertz CT molecular complexity index is 1280. The second-order valence-corrected chi connectivity index (χ2v) is 9.19. The Kier molecular flexibility index (Phi) is 5.80. The van der Waals surface area contributed by atoms with E-state index in [1.165, 1.54) is 6.07 Å². The van der Waals surface area contributed by atoms with Gasteiger partial charge in [0.25, 0.3) is 11.8 Å². The second-order valence-electron chi connectivity index (χ2n) is 8.75. The minimum Gasteiger partial charge on any atom is -0.350 e. The molecular weight excluding hydrogens is 446 g/mol. The van der Waals surface area contributed by atoms with Crippen molar-refractivity contribution < 1.29 is 18.4 Å². The minimum absolute atomic E-state index is 0.0376. The van der Waals surface area contributed by atoms with Crippen molar-refractivity contribution in [2.45, 2.75) is 26.2 Å². The van der Waals surface area contributed by atoms with Crippen LogP contribution in [0.1, 0.15) is 31.9 Å². The van der Waals surface area contributed by atoms with Gasteiger partial charge in [-0.1, -0.05) is 56.6 Å². The minimum atomic E-state index is -1.15. The molecule has 1 N–H and O–H groups in total. The van der Waals surface area contributed by atoms with Crippen molar-refractivity contribution in [3.63, 3.8) is 0 Å². The number of imide groups is 1.